The molecule has 0 heterocycles. The lowest BCUT2D eigenvalue weighted by molar-refractivity contribution is -0.182. The molecule has 2 unspecified atom stereocenters. The maximum Gasteiger partial charge on any atom is 0.391 e. The van der Waals surface area contributed by atoms with Gasteiger partial charge in [0.1, 0.15) is 5.82 Å². The van der Waals surface area contributed by atoms with Crippen LogP contribution >= 0.6 is 0 Å². The van der Waals surface area contributed by atoms with Crippen molar-refractivity contribution in [1.29, 1.82) is 0 Å². The number of anilines is 1. The minimum atomic E-state index is -4.25. The van der Waals surface area contributed by atoms with Crippen LogP contribution in [0.3, 0.4) is 0 Å². The van der Waals surface area contributed by atoms with E-state index in [-0.39, 0.29) is 24.1 Å². The minimum Gasteiger partial charge on any atom is -0.478 e. The standard InChI is InChI=1S/C14H15F4NO2/c15-11-5-4-8(13(20)21)6-12(11)19-10-3-1-2-9(7-10)14(16,17)18/h4-6,9-10,19H,1-3,7H2,(H,20,21). The van der Waals surface area contributed by atoms with Crippen LogP contribution in [0.25, 0.3) is 0 Å². The number of carboxylic acid groups (broad SMARTS) is 1. The summed E-state index contributed by atoms with van der Waals surface area (Å²) in [5, 5.41) is 11.6. The second-order valence-corrected chi connectivity index (χ2v) is 5.25. The summed E-state index contributed by atoms with van der Waals surface area (Å²) in [5.41, 5.74) is -0.176. The Labute approximate surface area is 119 Å². The molecule has 7 heteroatoms. The molecule has 0 aromatic heterocycles. The fourth-order valence-corrected chi connectivity index (χ4v) is 2.61. The fourth-order valence-electron chi connectivity index (χ4n) is 2.61. The van der Waals surface area contributed by atoms with Gasteiger partial charge in [-0.05, 0) is 37.5 Å². The number of carboxylic acids is 1. The number of halogens is 4. The van der Waals surface area contributed by atoms with Gasteiger partial charge in [-0.15, -0.1) is 0 Å². The van der Waals surface area contributed by atoms with E-state index >= 15 is 0 Å². The van der Waals surface area contributed by atoms with Crippen LogP contribution in [0.15, 0.2) is 18.2 Å². The summed E-state index contributed by atoms with van der Waals surface area (Å²) < 4.78 is 51.8. The normalized spacial score (nSPS) is 22.9. The lowest BCUT2D eigenvalue weighted by Crippen LogP contribution is -2.34. The molecule has 1 fully saturated rings. The number of nitrogens with one attached hydrogen (secondary N) is 1. The minimum absolute atomic E-state index is 0.0669. The van der Waals surface area contributed by atoms with Gasteiger partial charge >= 0.3 is 12.1 Å². The summed E-state index contributed by atoms with van der Waals surface area (Å²) in [6, 6.07) is 2.70. The fraction of sp³-hybridized carbons (Fsp3) is 0.500. The van der Waals surface area contributed by atoms with Gasteiger partial charge in [0, 0.05) is 6.04 Å². The molecule has 2 rings (SSSR count). The molecule has 0 saturated heterocycles. The first-order chi connectivity index (χ1) is 9.77. The first kappa shape index (κ1) is 15.6. The topological polar surface area (TPSA) is 49.3 Å². The van der Waals surface area contributed by atoms with Gasteiger partial charge in [0.25, 0.3) is 0 Å². The molecule has 0 aliphatic heterocycles. The van der Waals surface area contributed by atoms with E-state index in [9.17, 15) is 22.4 Å². The predicted octanol–water partition coefficient (Wildman–Crippen LogP) is 4.06. The Morgan fingerprint density at radius 2 is 2.00 bits per heavy atom. The van der Waals surface area contributed by atoms with Crippen LogP contribution in [0.1, 0.15) is 36.0 Å². The van der Waals surface area contributed by atoms with Crippen molar-refractivity contribution in [3.63, 3.8) is 0 Å². The molecular formula is C14H15F4NO2. The number of rotatable bonds is 3. The second kappa shape index (κ2) is 5.91. The van der Waals surface area contributed by atoms with E-state index in [1.165, 1.54) is 0 Å². The Balaban J connectivity index is 2.11. The molecule has 0 amide bonds. The number of carbonyl (C=O) groups is 1. The molecular weight excluding hydrogens is 290 g/mol. The van der Waals surface area contributed by atoms with Crippen molar-refractivity contribution in [2.45, 2.75) is 37.9 Å². The third-order valence-corrected chi connectivity index (χ3v) is 3.71. The quantitative estimate of drug-likeness (QED) is 0.828. The van der Waals surface area contributed by atoms with Crippen molar-refractivity contribution >= 4 is 11.7 Å². The maximum atomic E-state index is 13.6. The number of alkyl halides is 3. The average Bonchev–Trinajstić information content (AvgIpc) is 2.40. The van der Waals surface area contributed by atoms with Gasteiger partial charge < -0.3 is 10.4 Å². The SMILES string of the molecule is O=C(O)c1ccc(F)c(NC2CCCC(C(F)(F)F)C2)c1. The van der Waals surface area contributed by atoms with E-state index < -0.39 is 29.9 Å². The van der Waals surface area contributed by atoms with Crippen LogP contribution in [0, 0.1) is 11.7 Å². The van der Waals surface area contributed by atoms with E-state index in [0.29, 0.717) is 12.8 Å². The average molecular weight is 305 g/mol. The van der Waals surface area contributed by atoms with Crippen LogP contribution in [0.4, 0.5) is 23.2 Å². The molecule has 21 heavy (non-hydrogen) atoms. The highest BCUT2D eigenvalue weighted by molar-refractivity contribution is 5.88. The largest absolute Gasteiger partial charge is 0.478 e. The Kier molecular flexibility index (Phi) is 4.39. The summed E-state index contributed by atoms with van der Waals surface area (Å²) in [4.78, 5) is 10.8. The Morgan fingerprint density at radius 1 is 1.29 bits per heavy atom. The molecule has 1 aromatic rings. The summed E-state index contributed by atoms with van der Waals surface area (Å²) in [6.45, 7) is 0. The molecule has 1 aliphatic rings. The van der Waals surface area contributed by atoms with Crippen LogP contribution < -0.4 is 5.32 Å². The van der Waals surface area contributed by atoms with Gasteiger partial charge in [0.2, 0.25) is 0 Å². The van der Waals surface area contributed by atoms with Crippen LogP contribution in [0.5, 0.6) is 0 Å². The lowest BCUT2D eigenvalue weighted by Gasteiger charge is -2.31. The molecule has 0 radical (unpaired) electrons. The van der Waals surface area contributed by atoms with E-state index in [2.05, 4.69) is 5.32 Å². The zero-order valence-corrected chi connectivity index (χ0v) is 11.1. The van der Waals surface area contributed by atoms with Crippen molar-refractivity contribution in [1.82, 2.24) is 0 Å². The van der Waals surface area contributed by atoms with Crippen molar-refractivity contribution in [3.05, 3.63) is 29.6 Å². The van der Waals surface area contributed by atoms with E-state index in [0.717, 1.165) is 18.2 Å². The summed E-state index contributed by atoms with van der Waals surface area (Å²) >= 11 is 0. The molecule has 1 aromatic carbocycles. The van der Waals surface area contributed by atoms with Gasteiger partial charge in [0.15, 0.2) is 0 Å². The van der Waals surface area contributed by atoms with Crippen molar-refractivity contribution in [3.8, 4) is 0 Å². The van der Waals surface area contributed by atoms with Crippen LogP contribution in [-0.4, -0.2) is 23.3 Å². The monoisotopic (exact) mass is 305 g/mol. The van der Waals surface area contributed by atoms with E-state index in [1.54, 1.807) is 0 Å². The second-order valence-electron chi connectivity index (χ2n) is 5.25. The summed E-state index contributed by atoms with van der Waals surface area (Å²) in [6.07, 6.45) is -3.38. The number of benzene rings is 1. The number of aromatic carboxylic acids is 1. The number of hydrogen-bond donors (Lipinski definition) is 2. The highest BCUT2D eigenvalue weighted by atomic mass is 19.4. The third-order valence-electron chi connectivity index (χ3n) is 3.71. The van der Waals surface area contributed by atoms with Gasteiger partial charge in [-0.25, -0.2) is 9.18 Å². The van der Waals surface area contributed by atoms with Gasteiger partial charge in [-0.1, -0.05) is 6.42 Å². The molecule has 116 valence electrons. The molecule has 1 saturated carbocycles. The Morgan fingerprint density at radius 3 is 2.62 bits per heavy atom. The van der Waals surface area contributed by atoms with E-state index in [1.807, 2.05) is 0 Å². The molecule has 1 aliphatic carbocycles. The van der Waals surface area contributed by atoms with Crippen LogP contribution in [-0.2, 0) is 0 Å². The molecule has 0 spiro atoms. The molecule has 0 bridgehead atoms. The predicted molar refractivity (Wildman–Crippen MR) is 68.8 cm³/mol. The first-order valence-electron chi connectivity index (χ1n) is 6.63. The highest BCUT2D eigenvalue weighted by Gasteiger charge is 2.42. The van der Waals surface area contributed by atoms with Gasteiger partial charge in [0.05, 0.1) is 17.2 Å². The molecule has 3 nitrogen and oxygen atoms in total. The molecule has 2 atom stereocenters. The van der Waals surface area contributed by atoms with Crippen LogP contribution in [0.2, 0.25) is 0 Å². The van der Waals surface area contributed by atoms with Crippen molar-refractivity contribution < 1.29 is 27.5 Å². The molecule has 2 N–H and O–H groups in total. The smallest absolute Gasteiger partial charge is 0.391 e. The first-order valence-corrected chi connectivity index (χ1v) is 6.63. The zero-order chi connectivity index (χ0) is 15.6. The zero-order valence-electron chi connectivity index (χ0n) is 11.1. The van der Waals surface area contributed by atoms with Crippen molar-refractivity contribution in [2.24, 2.45) is 5.92 Å². The Bertz CT molecular complexity index is 530. The van der Waals surface area contributed by atoms with Gasteiger partial charge in [-0.3, -0.25) is 0 Å². The summed E-state index contributed by atoms with van der Waals surface area (Å²) in [7, 11) is 0. The van der Waals surface area contributed by atoms with E-state index in [4.69, 9.17) is 5.11 Å². The Hall–Kier alpha value is -1.79. The van der Waals surface area contributed by atoms with Gasteiger partial charge in [-0.2, -0.15) is 13.2 Å². The number of hydrogen-bond acceptors (Lipinski definition) is 2. The highest BCUT2D eigenvalue weighted by Crippen LogP contribution is 2.38. The van der Waals surface area contributed by atoms with Crippen molar-refractivity contribution in [2.75, 3.05) is 5.32 Å². The lowest BCUT2D eigenvalue weighted by atomic mass is 9.85. The maximum absolute atomic E-state index is 13.6. The summed E-state index contributed by atoms with van der Waals surface area (Å²) in [5.74, 6) is -3.28. The third kappa shape index (κ3) is 3.86.